The molecule has 0 spiro atoms. The monoisotopic (exact) mass is 465 g/mol. The van der Waals surface area contributed by atoms with Gasteiger partial charge in [-0.25, -0.2) is 0 Å². The molecule has 34 heavy (non-hydrogen) atoms. The van der Waals surface area contributed by atoms with Crippen molar-refractivity contribution in [3.8, 4) is 5.75 Å². The van der Waals surface area contributed by atoms with Crippen LogP contribution in [0.15, 0.2) is 36.4 Å². The van der Waals surface area contributed by atoms with Crippen LogP contribution in [-0.4, -0.2) is 36.7 Å². The number of rotatable bonds is 6. The molecule has 2 unspecified atom stereocenters. The Morgan fingerprint density at radius 3 is 2.38 bits per heavy atom. The number of hydrogen-bond donors (Lipinski definition) is 0. The average Bonchev–Trinajstić information content (AvgIpc) is 2.79. The molecule has 4 rings (SSSR count). The van der Waals surface area contributed by atoms with Gasteiger partial charge >= 0.3 is 5.97 Å². The molecule has 1 saturated heterocycles. The lowest BCUT2D eigenvalue weighted by atomic mass is 9.72. The van der Waals surface area contributed by atoms with Crippen molar-refractivity contribution in [3.05, 3.63) is 42.0 Å². The van der Waals surface area contributed by atoms with Crippen LogP contribution in [-0.2, 0) is 16.1 Å². The molecule has 4 nitrogen and oxygen atoms in total. The molecule has 4 heteroatoms. The van der Waals surface area contributed by atoms with Crippen molar-refractivity contribution in [2.45, 2.75) is 79.4 Å². The van der Waals surface area contributed by atoms with Gasteiger partial charge in [0.15, 0.2) is 0 Å². The first-order valence-corrected chi connectivity index (χ1v) is 13.3. The third-order valence-corrected chi connectivity index (χ3v) is 8.06. The molecule has 2 aliphatic rings. The lowest BCUT2D eigenvalue weighted by Crippen LogP contribution is -2.42. The molecule has 2 aromatic rings. The van der Waals surface area contributed by atoms with Crippen LogP contribution in [0.25, 0.3) is 10.8 Å². The number of carbonyl (C=O) groups is 1. The van der Waals surface area contributed by atoms with Crippen molar-refractivity contribution in [1.29, 1.82) is 0 Å². The highest BCUT2D eigenvalue weighted by atomic mass is 16.5. The molecular formula is C30H43NO3. The number of esters is 1. The van der Waals surface area contributed by atoms with Gasteiger partial charge in [-0.15, -0.1) is 0 Å². The van der Waals surface area contributed by atoms with Crippen LogP contribution in [0, 0.1) is 23.2 Å². The zero-order chi connectivity index (χ0) is 24.3. The van der Waals surface area contributed by atoms with Gasteiger partial charge in [-0.1, -0.05) is 45.9 Å². The molecule has 0 amide bonds. The second-order valence-electron chi connectivity index (χ2n) is 11.7. The van der Waals surface area contributed by atoms with E-state index in [4.69, 9.17) is 9.47 Å². The predicted octanol–water partition coefficient (Wildman–Crippen LogP) is 6.84. The van der Waals surface area contributed by atoms with Gasteiger partial charge in [-0.2, -0.15) is 0 Å². The van der Waals surface area contributed by atoms with Crippen LogP contribution in [0.5, 0.6) is 5.75 Å². The molecule has 1 heterocycles. The van der Waals surface area contributed by atoms with Crippen molar-refractivity contribution in [2.24, 2.45) is 23.2 Å². The number of nitrogens with zero attached hydrogens (tertiary/aromatic N) is 1. The fraction of sp³-hybridized carbons (Fsp3) is 0.633. The number of carbonyl (C=O) groups excluding carboxylic acids is 1. The van der Waals surface area contributed by atoms with E-state index in [-0.39, 0.29) is 11.9 Å². The lowest BCUT2D eigenvalue weighted by molar-refractivity contribution is -0.151. The van der Waals surface area contributed by atoms with Crippen molar-refractivity contribution in [2.75, 3.05) is 19.7 Å². The number of hydrogen-bond acceptors (Lipinski definition) is 4. The Morgan fingerprint density at radius 1 is 1.00 bits per heavy atom. The maximum absolute atomic E-state index is 12.2. The molecule has 2 atom stereocenters. The minimum absolute atomic E-state index is 0.0272. The number of benzene rings is 2. The maximum atomic E-state index is 12.2. The summed E-state index contributed by atoms with van der Waals surface area (Å²) < 4.78 is 11.6. The number of likely N-dealkylation sites (tertiary alicyclic amines) is 1. The number of fused-ring (bicyclic) bond motifs is 1. The van der Waals surface area contributed by atoms with E-state index in [0.717, 1.165) is 50.6 Å². The van der Waals surface area contributed by atoms with Gasteiger partial charge in [-0.05, 0) is 97.4 Å². The minimum atomic E-state index is -0.0272. The highest BCUT2D eigenvalue weighted by molar-refractivity contribution is 5.84. The Balaban J connectivity index is 1.33. The van der Waals surface area contributed by atoms with Gasteiger partial charge in [0.05, 0.1) is 18.6 Å². The molecule has 2 aromatic carbocycles. The summed E-state index contributed by atoms with van der Waals surface area (Å²) in [6.45, 7) is 14.4. The topological polar surface area (TPSA) is 38.8 Å². The minimum Gasteiger partial charge on any atom is -0.490 e. The van der Waals surface area contributed by atoms with Gasteiger partial charge in [0.2, 0.25) is 0 Å². The normalized spacial score (nSPS) is 26.4. The third kappa shape index (κ3) is 6.13. The third-order valence-electron chi connectivity index (χ3n) is 8.06. The van der Waals surface area contributed by atoms with Crippen LogP contribution in [0.1, 0.15) is 72.3 Å². The summed E-state index contributed by atoms with van der Waals surface area (Å²) in [4.78, 5) is 14.6. The fourth-order valence-electron chi connectivity index (χ4n) is 5.92. The van der Waals surface area contributed by atoms with E-state index in [1.54, 1.807) is 0 Å². The number of ether oxygens (including phenoxy) is 2. The van der Waals surface area contributed by atoms with Crippen LogP contribution < -0.4 is 4.74 Å². The van der Waals surface area contributed by atoms with Crippen LogP contribution >= 0.6 is 0 Å². The molecule has 186 valence electrons. The van der Waals surface area contributed by atoms with E-state index < -0.39 is 0 Å². The predicted molar refractivity (Wildman–Crippen MR) is 139 cm³/mol. The summed E-state index contributed by atoms with van der Waals surface area (Å²) in [7, 11) is 0. The first kappa shape index (κ1) is 25.0. The zero-order valence-corrected chi connectivity index (χ0v) is 21.8. The average molecular weight is 466 g/mol. The largest absolute Gasteiger partial charge is 0.490 e. The Kier molecular flexibility index (Phi) is 7.87. The lowest BCUT2D eigenvalue weighted by Gasteiger charge is -2.37. The summed E-state index contributed by atoms with van der Waals surface area (Å²) in [5.74, 6) is 2.14. The highest BCUT2D eigenvalue weighted by Gasteiger charge is 2.32. The summed E-state index contributed by atoms with van der Waals surface area (Å²) in [6, 6.07) is 13.3. The Labute approximate surface area is 206 Å². The van der Waals surface area contributed by atoms with Gasteiger partial charge in [0.25, 0.3) is 0 Å². The first-order chi connectivity index (χ1) is 16.2. The molecule has 0 radical (unpaired) electrons. The van der Waals surface area contributed by atoms with E-state index in [0.29, 0.717) is 24.0 Å². The Morgan fingerprint density at radius 2 is 1.71 bits per heavy atom. The van der Waals surface area contributed by atoms with E-state index in [1.165, 1.54) is 29.2 Å². The molecule has 0 bridgehead atoms. The van der Waals surface area contributed by atoms with Crippen molar-refractivity contribution in [1.82, 2.24) is 4.90 Å². The molecule has 1 aliphatic heterocycles. The summed E-state index contributed by atoms with van der Waals surface area (Å²) in [5.41, 5.74) is 1.73. The van der Waals surface area contributed by atoms with Gasteiger partial charge in [-0.3, -0.25) is 9.69 Å². The summed E-state index contributed by atoms with van der Waals surface area (Å²) in [5, 5.41) is 2.50. The van der Waals surface area contributed by atoms with E-state index in [9.17, 15) is 4.79 Å². The smallest absolute Gasteiger partial charge is 0.309 e. The van der Waals surface area contributed by atoms with Crippen molar-refractivity contribution < 1.29 is 14.3 Å². The van der Waals surface area contributed by atoms with Crippen LogP contribution in [0.4, 0.5) is 0 Å². The Hall–Kier alpha value is -2.07. The van der Waals surface area contributed by atoms with E-state index in [1.807, 2.05) is 6.92 Å². The van der Waals surface area contributed by atoms with Crippen LogP contribution in [0.2, 0.25) is 0 Å². The molecule has 1 aliphatic carbocycles. The Bertz CT molecular complexity index is 971. The van der Waals surface area contributed by atoms with Crippen LogP contribution in [0.3, 0.4) is 0 Å². The standard InChI is InChI=1S/C30H43NO3/c1-6-33-29(32)28-15-16-31(19-21(28)2)20-22-7-8-24-18-27(12-9-23(24)17-22)34-26-13-10-25(11-14-26)30(3,4)5/h7-9,12,17-18,21,25-26,28H,6,10-11,13-16,19-20H2,1-5H3. The molecular weight excluding hydrogens is 422 g/mol. The molecule has 2 fully saturated rings. The molecule has 0 N–H and O–H groups in total. The van der Waals surface area contributed by atoms with Gasteiger partial charge in [0, 0.05) is 13.1 Å². The first-order valence-electron chi connectivity index (χ1n) is 13.3. The van der Waals surface area contributed by atoms with E-state index in [2.05, 4.69) is 69.0 Å². The highest BCUT2D eigenvalue weighted by Crippen LogP contribution is 2.39. The van der Waals surface area contributed by atoms with Crippen molar-refractivity contribution >= 4 is 16.7 Å². The summed E-state index contributed by atoms with van der Waals surface area (Å²) in [6.07, 6.45) is 6.07. The molecule has 0 aromatic heterocycles. The maximum Gasteiger partial charge on any atom is 0.309 e. The van der Waals surface area contributed by atoms with Crippen molar-refractivity contribution in [3.63, 3.8) is 0 Å². The second-order valence-corrected chi connectivity index (χ2v) is 11.7. The zero-order valence-electron chi connectivity index (χ0n) is 21.8. The quantitative estimate of drug-likeness (QED) is 0.438. The number of piperidine rings is 1. The SMILES string of the molecule is CCOC(=O)C1CCN(Cc2ccc3cc(OC4CCC(C(C)(C)C)CC4)ccc3c2)CC1C. The second kappa shape index (κ2) is 10.7. The van der Waals surface area contributed by atoms with E-state index >= 15 is 0 Å². The fourth-order valence-corrected chi connectivity index (χ4v) is 5.92. The van der Waals surface area contributed by atoms with Gasteiger partial charge < -0.3 is 9.47 Å². The summed E-state index contributed by atoms with van der Waals surface area (Å²) >= 11 is 0. The van der Waals surface area contributed by atoms with Gasteiger partial charge in [0.1, 0.15) is 5.75 Å². The molecule has 1 saturated carbocycles.